The van der Waals surface area contributed by atoms with Crippen molar-refractivity contribution in [2.75, 3.05) is 33.0 Å². The second-order valence-electron chi connectivity index (χ2n) is 7.99. The van der Waals surface area contributed by atoms with Gasteiger partial charge in [0, 0.05) is 11.8 Å². The molecule has 12 nitrogen and oxygen atoms in total. The summed E-state index contributed by atoms with van der Waals surface area (Å²) in [4.78, 5) is 37.6. The summed E-state index contributed by atoms with van der Waals surface area (Å²) in [7, 11) is 0. The van der Waals surface area contributed by atoms with E-state index in [9.17, 15) is 40.3 Å². The minimum atomic E-state index is -5.08. The largest absolute Gasteiger partial charge is 0.490 e. The van der Waals surface area contributed by atoms with Crippen molar-refractivity contribution in [3.8, 4) is 11.4 Å². The van der Waals surface area contributed by atoms with Crippen LogP contribution < -0.4 is 15.4 Å². The fourth-order valence-corrected chi connectivity index (χ4v) is 2.86. The van der Waals surface area contributed by atoms with Gasteiger partial charge >= 0.3 is 18.3 Å². The van der Waals surface area contributed by atoms with Crippen LogP contribution in [0.3, 0.4) is 0 Å². The molecule has 0 radical (unpaired) electrons. The van der Waals surface area contributed by atoms with Gasteiger partial charge in [-0.1, -0.05) is 11.3 Å². The van der Waals surface area contributed by atoms with E-state index in [0.717, 1.165) is 0 Å². The Labute approximate surface area is 237 Å². The van der Waals surface area contributed by atoms with E-state index in [1.807, 2.05) is 0 Å². The number of carbonyl (C=O) groups excluding carboxylic acids is 2. The third-order valence-electron chi connectivity index (χ3n) is 4.75. The van der Waals surface area contributed by atoms with Crippen molar-refractivity contribution in [2.24, 2.45) is 0 Å². The van der Waals surface area contributed by atoms with Gasteiger partial charge in [-0.25, -0.2) is 13.9 Å². The zero-order valence-electron chi connectivity index (χ0n) is 21.8. The molecule has 0 unspecified atom stereocenters. The molecule has 0 spiro atoms. The Morgan fingerprint density at radius 2 is 1.67 bits per heavy atom. The van der Waals surface area contributed by atoms with E-state index in [2.05, 4.69) is 20.6 Å². The molecule has 2 amide bonds. The number of aromatic nitrogens is 4. The third kappa shape index (κ3) is 12.3. The molecule has 234 valence electrons. The van der Waals surface area contributed by atoms with Crippen LogP contribution in [0.25, 0.3) is 5.69 Å². The van der Waals surface area contributed by atoms with Gasteiger partial charge in [0.25, 0.3) is 11.8 Å². The lowest BCUT2D eigenvalue weighted by Crippen LogP contribution is -2.33. The minimum Gasteiger partial charge on any atom is -0.489 e. The zero-order chi connectivity index (χ0) is 32.0. The SMILES string of the molecule is O=C(NCC(F)(F)F)c1ccc(-n2cc(C(=O)NCc3ccccn3)nn2)c(OCCOCCF)c1.O=C(O)C(F)(F)F. The van der Waals surface area contributed by atoms with Crippen LogP contribution in [-0.4, -0.2) is 88.3 Å². The number of nitrogens with one attached hydrogen (secondary N) is 2. The first-order chi connectivity index (χ1) is 20.2. The molecule has 3 aromatic rings. The Morgan fingerprint density at radius 1 is 0.953 bits per heavy atom. The van der Waals surface area contributed by atoms with Gasteiger partial charge in [0.1, 0.15) is 31.3 Å². The number of pyridine rings is 1. The molecule has 0 bridgehead atoms. The van der Waals surface area contributed by atoms with Crippen LogP contribution in [0.5, 0.6) is 5.75 Å². The first kappa shape index (κ1) is 34.4. The van der Waals surface area contributed by atoms with Gasteiger partial charge in [0.15, 0.2) is 5.69 Å². The van der Waals surface area contributed by atoms with E-state index in [0.29, 0.717) is 5.69 Å². The lowest BCUT2D eigenvalue weighted by atomic mass is 10.1. The van der Waals surface area contributed by atoms with E-state index in [4.69, 9.17) is 19.4 Å². The molecule has 0 atom stereocenters. The lowest BCUT2D eigenvalue weighted by molar-refractivity contribution is -0.192. The maximum Gasteiger partial charge on any atom is 0.490 e. The van der Waals surface area contributed by atoms with E-state index in [-0.39, 0.29) is 49.1 Å². The Bertz CT molecular complexity index is 1350. The standard InChI is InChI=1S/C22H22F4N6O4.C2HF3O2/c23-6-8-35-9-10-36-19-11-15(20(33)29-14-22(24,25)26)4-5-18(19)32-13-17(30-31-32)21(34)28-12-16-3-1-2-7-27-16;3-2(4,5)1(6)7/h1-5,7,11,13H,6,8-10,12,14H2,(H,28,34)(H,29,33);(H,6,7). The van der Waals surface area contributed by atoms with E-state index >= 15 is 0 Å². The highest BCUT2D eigenvalue weighted by Crippen LogP contribution is 2.25. The van der Waals surface area contributed by atoms with Gasteiger partial charge in [-0.3, -0.25) is 14.6 Å². The third-order valence-corrected chi connectivity index (χ3v) is 4.75. The molecule has 0 saturated carbocycles. The summed E-state index contributed by atoms with van der Waals surface area (Å²) in [6, 6.07) is 9.14. The maximum atomic E-state index is 12.4. The molecule has 0 aliphatic heterocycles. The van der Waals surface area contributed by atoms with Crippen LogP contribution >= 0.6 is 0 Å². The normalized spacial score (nSPS) is 11.2. The fraction of sp³-hybridized carbons (Fsp3) is 0.333. The van der Waals surface area contributed by atoms with Gasteiger partial charge < -0.3 is 25.2 Å². The average molecular weight is 624 g/mol. The number of rotatable bonds is 12. The summed E-state index contributed by atoms with van der Waals surface area (Å²) in [5.41, 5.74) is 0.777. The Balaban J connectivity index is 0.000000821. The van der Waals surface area contributed by atoms with E-state index < -0.39 is 43.4 Å². The van der Waals surface area contributed by atoms with E-state index in [1.54, 1.807) is 29.7 Å². The van der Waals surface area contributed by atoms with Crippen LogP contribution in [0.15, 0.2) is 48.8 Å². The number of carboxylic acids is 1. The van der Waals surface area contributed by atoms with Crippen molar-refractivity contribution in [1.82, 2.24) is 30.6 Å². The number of aliphatic carboxylic acids is 1. The second kappa shape index (κ2) is 16.0. The zero-order valence-corrected chi connectivity index (χ0v) is 21.8. The second-order valence-corrected chi connectivity index (χ2v) is 7.99. The molecule has 0 fully saturated rings. The summed E-state index contributed by atoms with van der Waals surface area (Å²) in [6.45, 7) is -2.16. The van der Waals surface area contributed by atoms with Gasteiger partial charge in [-0.2, -0.15) is 26.3 Å². The summed E-state index contributed by atoms with van der Waals surface area (Å²) in [5, 5.41) is 19.3. The number of carboxylic acid groups (broad SMARTS) is 1. The molecule has 2 heterocycles. The summed E-state index contributed by atoms with van der Waals surface area (Å²) in [5.74, 6) is -4.18. The molecule has 2 aromatic heterocycles. The van der Waals surface area contributed by atoms with Gasteiger partial charge in [0.05, 0.1) is 31.6 Å². The molecule has 19 heteroatoms. The molecule has 0 aliphatic rings. The molecule has 43 heavy (non-hydrogen) atoms. The first-order valence-corrected chi connectivity index (χ1v) is 11.9. The van der Waals surface area contributed by atoms with Crippen LogP contribution in [0, 0.1) is 0 Å². The lowest BCUT2D eigenvalue weighted by Gasteiger charge is -2.14. The minimum absolute atomic E-state index is 0.0184. The smallest absolute Gasteiger partial charge is 0.489 e. The Kier molecular flexibility index (Phi) is 12.8. The summed E-state index contributed by atoms with van der Waals surface area (Å²) >= 11 is 0. The number of ether oxygens (including phenoxy) is 2. The van der Waals surface area contributed by atoms with Gasteiger partial charge in [-0.05, 0) is 30.3 Å². The average Bonchev–Trinajstić information content (AvgIpc) is 3.45. The van der Waals surface area contributed by atoms with Crippen LogP contribution in [-0.2, 0) is 16.1 Å². The summed E-state index contributed by atoms with van der Waals surface area (Å²) < 4.78 is 93.1. The number of hydrogen-bond acceptors (Lipinski definition) is 8. The monoisotopic (exact) mass is 624 g/mol. The number of alkyl halides is 7. The van der Waals surface area contributed by atoms with Crippen molar-refractivity contribution in [3.63, 3.8) is 0 Å². The Morgan fingerprint density at radius 3 is 2.28 bits per heavy atom. The number of benzene rings is 1. The van der Waals surface area contributed by atoms with Crippen LogP contribution in [0.4, 0.5) is 30.7 Å². The van der Waals surface area contributed by atoms with E-state index in [1.165, 1.54) is 29.1 Å². The predicted molar refractivity (Wildman–Crippen MR) is 131 cm³/mol. The highest BCUT2D eigenvalue weighted by Gasteiger charge is 2.38. The van der Waals surface area contributed by atoms with Crippen LogP contribution in [0.2, 0.25) is 0 Å². The number of halogens is 7. The molecule has 0 saturated heterocycles. The molecular weight excluding hydrogens is 601 g/mol. The van der Waals surface area contributed by atoms with Gasteiger partial charge in [-0.15, -0.1) is 5.10 Å². The molecule has 1 aromatic carbocycles. The predicted octanol–water partition coefficient (Wildman–Crippen LogP) is 2.88. The first-order valence-electron chi connectivity index (χ1n) is 11.9. The van der Waals surface area contributed by atoms with Crippen molar-refractivity contribution in [3.05, 3.63) is 65.7 Å². The number of hydrogen-bond donors (Lipinski definition) is 3. The topological polar surface area (TPSA) is 158 Å². The maximum absolute atomic E-state index is 12.4. The fourth-order valence-electron chi connectivity index (χ4n) is 2.86. The summed E-state index contributed by atoms with van der Waals surface area (Å²) in [6.07, 6.45) is -6.75. The quantitative estimate of drug-likeness (QED) is 0.204. The number of carbonyl (C=O) groups is 3. The number of amides is 2. The van der Waals surface area contributed by atoms with Crippen molar-refractivity contribution in [2.45, 2.75) is 18.9 Å². The van der Waals surface area contributed by atoms with Gasteiger partial charge in [0.2, 0.25) is 0 Å². The number of nitrogens with zero attached hydrogens (tertiary/aromatic N) is 4. The van der Waals surface area contributed by atoms with Crippen LogP contribution in [0.1, 0.15) is 26.5 Å². The highest BCUT2D eigenvalue weighted by molar-refractivity contribution is 5.95. The highest BCUT2D eigenvalue weighted by atomic mass is 19.4. The molecule has 0 aliphatic carbocycles. The molecular formula is C24H23F7N6O6. The molecule has 3 N–H and O–H groups in total. The van der Waals surface area contributed by atoms with Crippen molar-refractivity contribution >= 4 is 17.8 Å². The van der Waals surface area contributed by atoms with Crippen molar-refractivity contribution < 1.29 is 59.7 Å². The Hall–Kier alpha value is -4.81. The molecule has 3 rings (SSSR count). The van der Waals surface area contributed by atoms with Crippen molar-refractivity contribution in [1.29, 1.82) is 0 Å².